The van der Waals surface area contributed by atoms with E-state index in [1.54, 1.807) is 0 Å². The van der Waals surface area contributed by atoms with E-state index in [1.807, 2.05) is 25.1 Å². The molecule has 5 heteroatoms. The van der Waals surface area contributed by atoms with Crippen LogP contribution in [-0.2, 0) is 4.79 Å². The fourth-order valence-electron chi connectivity index (χ4n) is 4.75. The van der Waals surface area contributed by atoms with Gasteiger partial charge in [0.15, 0.2) is 0 Å². The van der Waals surface area contributed by atoms with Crippen molar-refractivity contribution in [2.75, 3.05) is 6.61 Å². The first kappa shape index (κ1) is 21.0. The van der Waals surface area contributed by atoms with Crippen molar-refractivity contribution < 1.29 is 9.53 Å². The molecule has 2 fully saturated rings. The summed E-state index contributed by atoms with van der Waals surface area (Å²) in [7, 11) is 0. The Bertz CT molecular complexity index is 581. The lowest BCUT2D eigenvalue weighted by atomic mass is 9.65. The molecule has 0 aliphatic heterocycles. The molecule has 3 rings (SSSR count). The van der Waals surface area contributed by atoms with Gasteiger partial charge in [0.1, 0.15) is 5.75 Å². The summed E-state index contributed by atoms with van der Waals surface area (Å²) in [6, 6.07) is 8.34. The molecule has 3 atom stereocenters. The number of carbonyl (C=O) groups is 1. The van der Waals surface area contributed by atoms with Crippen molar-refractivity contribution in [3.63, 3.8) is 0 Å². The van der Waals surface area contributed by atoms with Gasteiger partial charge in [-0.2, -0.15) is 0 Å². The molecule has 2 aliphatic carbocycles. The van der Waals surface area contributed by atoms with E-state index in [2.05, 4.69) is 18.3 Å². The van der Waals surface area contributed by atoms with Gasteiger partial charge in [-0.05, 0) is 56.9 Å². The quantitative estimate of drug-likeness (QED) is 0.776. The Balaban J connectivity index is 0.00000243. The highest BCUT2D eigenvalue weighted by Crippen LogP contribution is 2.42. The lowest BCUT2D eigenvalue weighted by molar-refractivity contribution is -0.128. The number of para-hydroxylation sites is 1. The van der Waals surface area contributed by atoms with Crippen molar-refractivity contribution in [3.8, 4) is 5.75 Å². The van der Waals surface area contributed by atoms with E-state index in [0.717, 1.165) is 30.6 Å². The first-order chi connectivity index (χ1) is 12.1. The van der Waals surface area contributed by atoms with Crippen LogP contribution in [0.4, 0.5) is 0 Å². The van der Waals surface area contributed by atoms with Gasteiger partial charge in [-0.3, -0.25) is 4.79 Å². The molecule has 3 N–H and O–H groups in total. The third kappa shape index (κ3) is 4.52. The van der Waals surface area contributed by atoms with Crippen molar-refractivity contribution in [1.82, 2.24) is 5.32 Å². The molecule has 0 spiro atoms. The Hall–Kier alpha value is -1.26. The zero-order valence-electron chi connectivity index (χ0n) is 15.9. The Kier molecular flexibility index (Phi) is 7.78. The molecule has 0 aromatic heterocycles. The van der Waals surface area contributed by atoms with E-state index in [4.69, 9.17) is 10.5 Å². The molecular formula is C21H33ClN2O2. The van der Waals surface area contributed by atoms with Gasteiger partial charge in [0.2, 0.25) is 5.91 Å². The lowest BCUT2D eigenvalue weighted by Gasteiger charge is -2.43. The maximum Gasteiger partial charge on any atom is 0.223 e. The van der Waals surface area contributed by atoms with Gasteiger partial charge >= 0.3 is 0 Å². The van der Waals surface area contributed by atoms with Gasteiger partial charge in [0.25, 0.3) is 0 Å². The topological polar surface area (TPSA) is 64.3 Å². The van der Waals surface area contributed by atoms with E-state index in [9.17, 15) is 4.79 Å². The summed E-state index contributed by atoms with van der Waals surface area (Å²) >= 11 is 0. The summed E-state index contributed by atoms with van der Waals surface area (Å²) in [5.74, 6) is 2.24. The summed E-state index contributed by atoms with van der Waals surface area (Å²) in [5, 5.41) is 3.30. The van der Waals surface area contributed by atoms with Gasteiger partial charge in [-0.1, -0.05) is 31.5 Å². The minimum absolute atomic E-state index is 0. The van der Waals surface area contributed by atoms with Crippen LogP contribution in [0.25, 0.3) is 0 Å². The Morgan fingerprint density at radius 2 is 1.88 bits per heavy atom. The van der Waals surface area contributed by atoms with E-state index in [0.29, 0.717) is 24.5 Å². The number of hydrogen-bond donors (Lipinski definition) is 2. The van der Waals surface area contributed by atoms with Crippen LogP contribution in [0.5, 0.6) is 5.75 Å². The maximum absolute atomic E-state index is 13.0. The highest BCUT2D eigenvalue weighted by Gasteiger charge is 2.40. The standard InChI is InChI=1S/C21H32N2O2.ClH/c1-3-18(17-10-5-6-11-19(17)25-4-2)23-21(24)16-12-14-8-7-9-15(13-16)20(14)22;/h5-6,10-11,14-16,18,20H,3-4,7-9,12-13,22H2,1-2H3,(H,23,24);1H. The number of nitrogens with one attached hydrogen (secondary N) is 1. The molecule has 1 aromatic rings. The van der Waals surface area contributed by atoms with Crippen LogP contribution in [0.15, 0.2) is 24.3 Å². The predicted molar refractivity (Wildman–Crippen MR) is 108 cm³/mol. The molecule has 2 saturated carbocycles. The zero-order chi connectivity index (χ0) is 17.8. The van der Waals surface area contributed by atoms with Crippen LogP contribution in [0.2, 0.25) is 0 Å². The molecular weight excluding hydrogens is 348 g/mol. The van der Waals surface area contributed by atoms with Crippen molar-refractivity contribution in [2.45, 2.75) is 64.5 Å². The smallest absolute Gasteiger partial charge is 0.223 e. The molecule has 4 nitrogen and oxygen atoms in total. The van der Waals surface area contributed by atoms with Crippen molar-refractivity contribution in [2.24, 2.45) is 23.5 Å². The number of halogens is 1. The molecule has 0 radical (unpaired) electrons. The van der Waals surface area contributed by atoms with E-state index >= 15 is 0 Å². The highest BCUT2D eigenvalue weighted by atomic mass is 35.5. The second-order valence-corrected chi connectivity index (χ2v) is 7.64. The Morgan fingerprint density at radius 3 is 2.50 bits per heavy atom. The molecule has 1 aromatic carbocycles. The van der Waals surface area contributed by atoms with Crippen molar-refractivity contribution in [3.05, 3.63) is 29.8 Å². The summed E-state index contributed by atoms with van der Waals surface area (Å²) in [5.41, 5.74) is 7.45. The van der Waals surface area contributed by atoms with E-state index in [1.165, 1.54) is 19.3 Å². The first-order valence-corrected chi connectivity index (χ1v) is 9.91. The van der Waals surface area contributed by atoms with Gasteiger partial charge in [0.05, 0.1) is 12.6 Å². The number of ether oxygens (including phenoxy) is 1. The average molecular weight is 381 g/mol. The van der Waals surface area contributed by atoms with Crippen molar-refractivity contribution >= 4 is 18.3 Å². The highest BCUT2D eigenvalue weighted by molar-refractivity contribution is 5.85. The molecule has 0 heterocycles. The number of rotatable bonds is 6. The fourth-order valence-corrected chi connectivity index (χ4v) is 4.75. The zero-order valence-corrected chi connectivity index (χ0v) is 16.8. The van der Waals surface area contributed by atoms with Gasteiger partial charge in [0, 0.05) is 17.5 Å². The lowest BCUT2D eigenvalue weighted by Crippen LogP contribution is -2.49. The molecule has 146 valence electrons. The van der Waals surface area contributed by atoms with Crippen LogP contribution < -0.4 is 15.8 Å². The summed E-state index contributed by atoms with van der Waals surface area (Å²) < 4.78 is 5.75. The van der Waals surface area contributed by atoms with Crippen LogP contribution in [0, 0.1) is 17.8 Å². The molecule has 26 heavy (non-hydrogen) atoms. The molecule has 1 amide bonds. The minimum Gasteiger partial charge on any atom is -0.494 e. The molecule has 2 aliphatic rings. The summed E-state index contributed by atoms with van der Waals surface area (Å²) in [6.07, 6.45) is 6.41. The van der Waals surface area contributed by atoms with Crippen LogP contribution in [0.1, 0.15) is 64.0 Å². The van der Waals surface area contributed by atoms with E-state index < -0.39 is 0 Å². The average Bonchev–Trinajstić information content (AvgIpc) is 2.60. The predicted octanol–water partition coefficient (Wildman–Crippen LogP) is 4.23. The van der Waals surface area contributed by atoms with E-state index in [-0.39, 0.29) is 30.3 Å². The van der Waals surface area contributed by atoms with Gasteiger partial charge in [-0.15, -0.1) is 12.4 Å². The number of carbonyl (C=O) groups excluding carboxylic acids is 1. The second-order valence-electron chi connectivity index (χ2n) is 7.64. The number of fused-ring (bicyclic) bond motifs is 2. The number of benzene rings is 1. The second kappa shape index (κ2) is 9.61. The number of amides is 1. The SMILES string of the molecule is CCOc1ccccc1C(CC)NC(=O)C1CC2CCCC(C1)C2N.Cl. The third-order valence-corrected chi connectivity index (χ3v) is 6.10. The maximum atomic E-state index is 13.0. The fraction of sp³-hybridized carbons (Fsp3) is 0.667. The van der Waals surface area contributed by atoms with Crippen LogP contribution in [0.3, 0.4) is 0 Å². The molecule has 2 bridgehead atoms. The largest absolute Gasteiger partial charge is 0.494 e. The third-order valence-electron chi connectivity index (χ3n) is 6.10. The molecule has 0 saturated heterocycles. The summed E-state index contributed by atoms with van der Waals surface area (Å²) in [6.45, 7) is 4.73. The minimum atomic E-state index is 0. The summed E-state index contributed by atoms with van der Waals surface area (Å²) in [4.78, 5) is 13.0. The van der Waals surface area contributed by atoms with Crippen LogP contribution >= 0.6 is 12.4 Å². The first-order valence-electron chi connectivity index (χ1n) is 9.91. The monoisotopic (exact) mass is 380 g/mol. The van der Waals surface area contributed by atoms with Gasteiger partial charge < -0.3 is 15.8 Å². The number of hydrogen-bond acceptors (Lipinski definition) is 3. The normalized spacial score (nSPS) is 28.6. The van der Waals surface area contributed by atoms with Crippen LogP contribution in [-0.4, -0.2) is 18.6 Å². The Labute approximate surface area is 163 Å². The van der Waals surface area contributed by atoms with Crippen molar-refractivity contribution in [1.29, 1.82) is 0 Å². The van der Waals surface area contributed by atoms with Gasteiger partial charge in [-0.25, -0.2) is 0 Å². The Morgan fingerprint density at radius 1 is 1.23 bits per heavy atom. The number of nitrogens with two attached hydrogens (primary N) is 1. The molecule has 3 unspecified atom stereocenters.